The van der Waals surface area contributed by atoms with Crippen molar-refractivity contribution in [3.8, 4) is 11.4 Å². The van der Waals surface area contributed by atoms with Crippen molar-refractivity contribution in [1.82, 2.24) is 20.3 Å². The summed E-state index contributed by atoms with van der Waals surface area (Å²) in [5.41, 5.74) is -0.787. The van der Waals surface area contributed by atoms with Crippen molar-refractivity contribution >= 4 is 5.95 Å². The van der Waals surface area contributed by atoms with Gasteiger partial charge in [-0.1, -0.05) is 0 Å². The quantitative estimate of drug-likeness (QED) is 0.919. The Hall–Kier alpha value is -2.22. The van der Waals surface area contributed by atoms with E-state index < -0.39 is 11.7 Å². The van der Waals surface area contributed by atoms with Crippen molar-refractivity contribution in [1.29, 1.82) is 0 Å². The summed E-state index contributed by atoms with van der Waals surface area (Å²) in [5, 5.41) is 3.20. The maximum absolute atomic E-state index is 13.1. The van der Waals surface area contributed by atoms with Gasteiger partial charge in [-0.05, 0) is 18.2 Å². The zero-order valence-corrected chi connectivity index (χ0v) is 11.6. The summed E-state index contributed by atoms with van der Waals surface area (Å²) in [4.78, 5) is 14.2. The van der Waals surface area contributed by atoms with Crippen LogP contribution in [0.3, 0.4) is 0 Å². The Bertz CT molecular complexity index is 653. The number of piperazine rings is 1. The lowest BCUT2D eigenvalue weighted by Crippen LogP contribution is -2.44. The largest absolute Gasteiger partial charge is 0.418 e. The Kier molecular flexibility index (Phi) is 3.93. The van der Waals surface area contributed by atoms with Crippen molar-refractivity contribution in [3.05, 3.63) is 36.2 Å². The van der Waals surface area contributed by atoms with Crippen LogP contribution in [0.2, 0.25) is 0 Å². The second-order valence-corrected chi connectivity index (χ2v) is 4.88. The van der Waals surface area contributed by atoms with Crippen LogP contribution in [-0.2, 0) is 6.18 Å². The van der Waals surface area contributed by atoms with Crippen molar-refractivity contribution in [2.45, 2.75) is 6.18 Å². The van der Waals surface area contributed by atoms with Gasteiger partial charge in [-0.3, -0.25) is 4.98 Å². The second kappa shape index (κ2) is 5.88. The summed E-state index contributed by atoms with van der Waals surface area (Å²) in [7, 11) is 0. The van der Waals surface area contributed by atoms with Crippen LogP contribution in [0.25, 0.3) is 11.4 Å². The number of pyridine rings is 1. The third-order valence-corrected chi connectivity index (χ3v) is 3.40. The standard InChI is InChI=1S/C14H14F3N5/c15-14(16,17)10-2-1-4-19-12(10)11-3-5-20-13(21-11)22-8-6-18-7-9-22/h1-5,18H,6-9H2. The number of rotatable bonds is 2. The van der Waals surface area contributed by atoms with E-state index in [2.05, 4.69) is 20.3 Å². The highest BCUT2D eigenvalue weighted by molar-refractivity contribution is 5.60. The van der Waals surface area contributed by atoms with E-state index in [1.165, 1.54) is 24.5 Å². The van der Waals surface area contributed by atoms with E-state index in [1.54, 1.807) is 0 Å². The summed E-state index contributed by atoms with van der Waals surface area (Å²) in [6.45, 7) is 3.03. The lowest BCUT2D eigenvalue weighted by Gasteiger charge is -2.27. The molecule has 0 atom stereocenters. The zero-order chi connectivity index (χ0) is 15.6. The minimum atomic E-state index is -4.47. The minimum absolute atomic E-state index is 0.172. The van der Waals surface area contributed by atoms with Crippen LogP contribution in [0.15, 0.2) is 30.6 Å². The maximum atomic E-state index is 13.1. The molecule has 1 saturated heterocycles. The molecule has 3 rings (SSSR count). The smallest absolute Gasteiger partial charge is 0.338 e. The molecule has 1 aliphatic heterocycles. The van der Waals surface area contributed by atoms with E-state index in [9.17, 15) is 13.2 Å². The van der Waals surface area contributed by atoms with Gasteiger partial charge in [0.05, 0.1) is 11.3 Å². The molecule has 22 heavy (non-hydrogen) atoms. The van der Waals surface area contributed by atoms with Gasteiger partial charge in [0.2, 0.25) is 5.95 Å². The average molecular weight is 309 g/mol. The highest BCUT2D eigenvalue weighted by atomic mass is 19.4. The molecule has 0 saturated carbocycles. The topological polar surface area (TPSA) is 53.9 Å². The molecule has 0 bridgehead atoms. The van der Waals surface area contributed by atoms with E-state index in [1.807, 2.05) is 4.90 Å². The summed E-state index contributed by atoms with van der Waals surface area (Å²) >= 11 is 0. The van der Waals surface area contributed by atoms with Crippen molar-refractivity contribution in [3.63, 3.8) is 0 Å². The monoisotopic (exact) mass is 309 g/mol. The third-order valence-electron chi connectivity index (χ3n) is 3.40. The summed E-state index contributed by atoms with van der Waals surface area (Å²) in [6, 6.07) is 3.73. The van der Waals surface area contributed by atoms with Gasteiger partial charge in [-0.15, -0.1) is 0 Å². The normalized spacial score (nSPS) is 15.9. The third kappa shape index (κ3) is 3.01. The molecule has 0 aromatic carbocycles. The summed E-state index contributed by atoms with van der Waals surface area (Å²) in [6.07, 6.45) is -1.67. The molecule has 2 aromatic rings. The van der Waals surface area contributed by atoms with Gasteiger partial charge < -0.3 is 10.2 Å². The second-order valence-electron chi connectivity index (χ2n) is 4.88. The Labute approximate surface area is 125 Å². The molecule has 0 radical (unpaired) electrons. The fourth-order valence-electron chi connectivity index (χ4n) is 2.34. The average Bonchev–Trinajstić information content (AvgIpc) is 2.55. The first-order valence-electron chi connectivity index (χ1n) is 6.87. The van der Waals surface area contributed by atoms with Crippen LogP contribution in [-0.4, -0.2) is 41.1 Å². The fraction of sp³-hybridized carbons (Fsp3) is 0.357. The zero-order valence-electron chi connectivity index (χ0n) is 11.6. The van der Waals surface area contributed by atoms with Gasteiger partial charge in [0.15, 0.2) is 0 Å². The first-order chi connectivity index (χ1) is 10.6. The lowest BCUT2D eigenvalue weighted by molar-refractivity contribution is -0.137. The van der Waals surface area contributed by atoms with Crippen LogP contribution >= 0.6 is 0 Å². The van der Waals surface area contributed by atoms with E-state index >= 15 is 0 Å². The number of aromatic nitrogens is 3. The Morgan fingerprint density at radius 1 is 1.05 bits per heavy atom. The molecule has 1 aliphatic rings. The predicted octanol–water partition coefficient (Wildman–Crippen LogP) is 1.97. The van der Waals surface area contributed by atoms with Gasteiger partial charge in [0, 0.05) is 38.6 Å². The van der Waals surface area contributed by atoms with Gasteiger partial charge in [-0.25, -0.2) is 9.97 Å². The van der Waals surface area contributed by atoms with Crippen molar-refractivity contribution in [2.75, 3.05) is 31.1 Å². The van der Waals surface area contributed by atoms with E-state index in [0.717, 1.165) is 32.2 Å². The Morgan fingerprint density at radius 2 is 1.82 bits per heavy atom. The first kappa shape index (κ1) is 14.7. The number of nitrogens with one attached hydrogen (secondary N) is 1. The van der Waals surface area contributed by atoms with Gasteiger partial charge >= 0.3 is 6.18 Å². The van der Waals surface area contributed by atoms with Gasteiger partial charge in [-0.2, -0.15) is 13.2 Å². The Balaban J connectivity index is 1.99. The van der Waals surface area contributed by atoms with Crippen LogP contribution in [0, 0.1) is 0 Å². The number of halogens is 3. The van der Waals surface area contributed by atoms with E-state index in [4.69, 9.17) is 0 Å². The van der Waals surface area contributed by atoms with E-state index in [-0.39, 0.29) is 11.4 Å². The SMILES string of the molecule is FC(F)(F)c1cccnc1-c1ccnc(N2CCNCC2)n1. The molecule has 2 aromatic heterocycles. The number of anilines is 1. The molecule has 1 fully saturated rings. The molecule has 0 spiro atoms. The molecule has 0 amide bonds. The molecule has 3 heterocycles. The van der Waals surface area contributed by atoms with Crippen molar-refractivity contribution < 1.29 is 13.2 Å². The molecular formula is C14H14F3N5. The lowest BCUT2D eigenvalue weighted by atomic mass is 10.1. The highest BCUT2D eigenvalue weighted by Gasteiger charge is 2.34. The van der Waals surface area contributed by atoms with Gasteiger partial charge in [0.1, 0.15) is 5.69 Å². The number of alkyl halides is 3. The summed E-state index contributed by atoms with van der Waals surface area (Å²) in [5.74, 6) is 0.428. The molecule has 0 unspecified atom stereocenters. The first-order valence-corrected chi connectivity index (χ1v) is 6.87. The van der Waals surface area contributed by atoms with Crippen LogP contribution in [0.1, 0.15) is 5.56 Å². The van der Waals surface area contributed by atoms with Crippen LogP contribution in [0.4, 0.5) is 19.1 Å². The maximum Gasteiger partial charge on any atom is 0.418 e. The molecular weight excluding hydrogens is 295 g/mol. The Morgan fingerprint density at radius 3 is 2.55 bits per heavy atom. The molecule has 5 nitrogen and oxygen atoms in total. The molecule has 0 aliphatic carbocycles. The van der Waals surface area contributed by atoms with Crippen LogP contribution in [0.5, 0.6) is 0 Å². The predicted molar refractivity (Wildman–Crippen MR) is 75.3 cm³/mol. The fourth-order valence-corrected chi connectivity index (χ4v) is 2.34. The van der Waals surface area contributed by atoms with Crippen LogP contribution < -0.4 is 10.2 Å². The minimum Gasteiger partial charge on any atom is -0.338 e. The van der Waals surface area contributed by atoms with E-state index in [0.29, 0.717) is 5.95 Å². The number of hydrogen-bond acceptors (Lipinski definition) is 5. The number of hydrogen-bond donors (Lipinski definition) is 1. The molecule has 8 heteroatoms. The highest BCUT2D eigenvalue weighted by Crippen LogP contribution is 2.35. The summed E-state index contributed by atoms with van der Waals surface area (Å²) < 4.78 is 39.3. The van der Waals surface area contributed by atoms with Gasteiger partial charge in [0.25, 0.3) is 0 Å². The molecule has 1 N–H and O–H groups in total. The molecule has 116 valence electrons. The number of nitrogens with zero attached hydrogens (tertiary/aromatic N) is 4. The van der Waals surface area contributed by atoms with Crippen molar-refractivity contribution in [2.24, 2.45) is 0 Å².